The minimum atomic E-state index is -3.52. The van der Waals surface area contributed by atoms with Crippen molar-refractivity contribution in [3.63, 3.8) is 0 Å². The zero-order chi connectivity index (χ0) is 12.4. The van der Waals surface area contributed by atoms with Crippen LogP contribution in [0.5, 0.6) is 0 Å². The molecule has 3 aliphatic rings. The summed E-state index contributed by atoms with van der Waals surface area (Å²) in [7, 11) is 6.42. The third kappa shape index (κ3) is 2.90. The first-order valence-electron chi connectivity index (χ1n) is 6.17. The molecule has 6 heteroatoms. The number of rotatable bonds is 1. The van der Waals surface area contributed by atoms with E-state index < -0.39 is 13.3 Å². The van der Waals surface area contributed by atoms with E-state index in [1.54, 1.807) is 0 Å². The van der Waals surface area contributed by atoms with Crippen LogP contribution in [0.2, 0.25) is 0 Å². The van der Waals surface area contributed by atoms with Crippen molar-refractivity contribution in [3.8, 4) is 0 Å². The van der Waals surface area contributed by atoms with Gasteiger partial charge in [-0.05, 0) is 0 Å². The van der Waals surface area contributed by atoms with Crippen LogP contribution >= 0.6 is 10.0 Å². The van der Waals surface area contributed by atoms with Gasteiger partial charge in [0, 0.05) is 0 Å². The van der Waals surface area contributed by atoms with Crippen molar-refractivity contribution < 1.29 is 11.3 Å². The van der Waals surface area contributed by atoms with E-state index in [2.05, 4.69) is 17.0 Å². The molecule has 1 aromatic carbocycles. The summed E-state index contributed by atoms with van der Waals surface area (Å²) in [6.45, 7) is 3.86. The van der Waals surface area contributed by atoms with Crippen molar-refractivity contribution in [3.05, 3.63) is 35.9 Å². The van der Waals surface area contributed by atoms with E-state index in [0.717, 1.165) is 25.2 Å². The molecular weight excluding hydrogens is 314 g/mol. The summed E-state index contributed by atoms with van der Waals surface area (Å²) in [5.41, 5.74) is 1.13. The number of fused-ring (bicyclic) bond motifs is 6. The Hall–Kier alpha value is -0.107. The zero-order valence-corrected chi connectivity index (χ0v) is 12.9. The Kier molecular flexibility index (Phi) is 3.93. The molecule has 3 fully saturated rings. The van der Waals surface area contributed by atoms with Gasteiger partial charge in [0.25, 0.3) is 0 Å². The number of benzene rings is 1. The fraction of sp³-hybridized carbons (Fsp3) is 0.500. The van der Waals surface area contributed by atoms with E-state index in [4.69, 9.17) is 21.3 Å². The van der Waals surface area contributed by atoms with Gasteiger partial charge >= 0.3 is 114 Å². The quantitative estimate of drug-likeness (QED) is 0.735. The summed E-state index contributed by atoms with van der Waals surface area (Å²) in [5, 5.41) is 0. The van der Waals surface area contributed by atoms with Crippen molar-refractivity contribution in [2.45, 2.75) is 6.10 Å². The Balaban J connectivity index is 1.86. The first kappa shape index (κ1) is 12.9. The predicted molar refractivity (Wildman–Crippen MR) is 70.2 cm³/mol. The molecule has 4 rings (SSSR count). The van der Waals surface area contributed by atoms with E-state index in [1.165, 1.54) is 0 Å². The number of hydrogen-bond donors (Lipinski definition) is 0. The van der Waals surface area contributed by atoms with Crippen molar-refractivity contribution in [1.29, 1.82) is 0 Å². The first-order valence-corrected chi connectivity index (χ1v) is 11.5. The van der Waals surface area contributed by atoms with Gasteiger partial charge in [0.1, 0.15) is 0 Å². The van der Waals surface area contributed by atoms with Crippen LogP contribution < -0.4 is 0 Å². The van der Waals surface area contributed by atoms with E-state index in [1.807, 2.05) is 18.2 Å². The Bertz CT molecular complexity index is 396. The Morgan fingerprint density at radius 3 is 2.44 bits per heavy atom. The number of hydrogen-bond acceptors (Lipinski definition) is 4. The summed E-state index contributed by atoms with van der Waals surface area (Å²) < 4.78 is 17.3. The summed E-state index contributed by atoms with van der Waals surface area (Å²) in [4.78, 5) is 2.30. The Labute approximate surface area is 114 Å². The average molecular weight is 330 g/mol. The van der Waals surface area contributed by atoms with Crippen LogP contribution in [0.4, 0.5) is 0 Å². The standard InChI is InChI=1S/C12H16ClGeNO3/c13-14-16-8-6-15(7-9-17-14)10-12(18-14)11-4-2-1-3-5-11/h1-5,12H,6-10H2. The molecule has 3 aliphatic heterocycles. The fourth-order valence-corrected chi connectivity index (χ4v) is 6.66. The van der Waals surface area contributed by atoms with Crippen LogP contribution in [0.1, 0.15) is 11.7 Å². The molecule has 18 heavy (non-hydrogen) atoms. The molecule has 0 saturated carbocycles. The summed E-state index contributed by atoms with van der Waals surface area (Å²) in [6.07, 6.45) is -0.0516. The van der Waals surface area contributed by atoms with Crippen molar-refractivity contribution >= 4 is 23.4 Å². The van der Waals surface area contributed by atoms with Gasteiger partial charge in [-0.2, -0.15) is 0 Å². The SMILES string of the molecule is [Cl][Ge]12[O]CCN(CC[O]1)CC(c1ccccc1)[O]2. The second-order valence-electron chi connectivity index (χ2n) is 4.50. The van der Waals surface area contributed by atoms with Crippen LogP contribution in [-0.2, 0) is 11.3 Å². The van der Waals surface area contributed by atoms with E-state index in [-0.39, 0.29) is 6.10 Å². The number of halogens is 1. The molecule has 1 aromatic rings. The molecule has 0 spiro atoms. The molecule has 0 radical (unpaired) electrons. The van der Waals surface area contributed by atoms with Crippen LogP contribution in [0.15, 0.2) is 30.3 Å². The molecule has 0 aromatic heterocycles. The first-order chi connectivity index (χ1) is 8.75. The molecule has 0 N–H and O–H groups in total. The third-order valence-electron chi connectivity index (χ3n) is 3.24. The van der Waals surface area contributed by atoms with Crippen LogP contribution in [0.25, 0.3) is 0 Å². The maximum atomic E-state index is 6.42. The molecule has 1 atom stereocenters. The molecule has 3 heterocycles. The molecule has 1 unspecified atom stereocenters. The minimum absolute atomic E-state index is 0.0516. The summed E-state index contributed by atoms with van der Waals surface area (Å²) in [6, 6.07) is 10.1. The normalized spacial score (nSPS) is 36.7. The van der Waals surface area contributed by atoms with Crippen molar-refractivity contribution in [2.75, 3.05) is 32.8 Å². The van der Waals surface area contributed by atoms with Gasteiger partial charge in [-0.1, -0.05) is 0 Å². The monoisotopic (exact) mass is 331 g/mol. The van der Waals surface area contributed by atoms with E-state index >= 15 is 0 Å². The predicted octanol–water partition coefficient (Wildman–Crippen LogP) is 1.78. The molecule has 4 nitrogen and oxygen atoms in total. The Morgan fingerprint density at radius 2 is 1.78 bits per heavy atom. The van der Waals surface area contributed by atoms with E-state index in [0.29, 0.717) is 13.2 Å². The van der Waals surface area contributed by atoms with Gasteiger partial charge in [-0.3, -0.25) is 0 Å². The third-order valence-corrected chi connectivity index (χ3v) is 8.33. The summed E-state index contributed by atoms with van der Waals surface area (Å²) in [5.74, 6) is 0. The number of nitrogens with zero attached hydrogens (tertiary/aromatic N) is 1. The second-order valence-corrected chi connectivity index (χ2v) is 10.6. The molecular formula is C12H16ClGeNO3. The average Bonchev–Trinajstić information content (AvgIpc) is 2.33. The molecule has 0 aliphatic carbocycles. The van der Waals surface area contributed by atoms with Crippen LogP contribution in [-0.4, -0.2) is 51.1 Å². The van der Waals surface area contributed by atoms with Gasteiger partial charge in [0.2, 0.25) is 0 Å². The zero-order valence-electron chi connectivity index (χ0n) is 10.0. The fourth-order valence-electron chi connectivity index (χ4n) is 2.28. The molecule has 2 bridgehead atoms. The van der Waals surface area contributed by atoms with Crippen molar-refractivity contribution in [1.82, 2.24) is 4.90 Å². The second kappa shape index (κ2) is 5.48. The molecule has 3 saturated heterocycles. The van der Waals surface area contributed by atoms with Crippen molar-refractivity contribution in [2.24, 2.45) is 0 Å². The maximum absolute atomic E-state index is 6.42. The van der Waals surface area contributed by atoms with Gasteiger partial charge in [0.15, 0.2) is 0 Å². The van der Waals surface area contributed by atoms with Crippen LogP contribution in [0, 0.1) is 0 Å². The Morgan fingerprint density at radius 1 is 1.11 bits per heavy atom. The van der Waals surface area contributed by atoms with Gasteiger partial charge < -0.3 is 0 Å². The van der Waals surface area contributed by atoms with Gasteiger partial charge in [0.05, 0.1) is 0 Å². The van der Waals surface area contributed by atoms with Gasteiger partial charge in [-0.25, -0.2) is 0 Å². The van der Waals surface area contributed by atoms with E-state index in [9.17, 15) is 0 Å². The van der Waals surface area contributed by atoms with Gasteiger partial charge in [-0.15, -0.1) is 0 Å². The summed E-state index contributed by atoms with van der Waals surface area (Å²) >= 11 is -3.52. The molecule has 0 amide bonds. The van der Waals surface area contributed by atoms with Crippen LogP contribution in [0.3, 0.4) is 0 Å². The molecule has 98 valence electrons. The topological polar surface area (TPSA) is 30.9 Å².